The van der Waals surface area contributed by atoms with E-state index in [2.05, 4.69) is 23.4 Å². The lowest BCUT2D eigenvalue weighted by Gasteiger charge is -2.09. The van der Waals surface area contributed by atoms with E-state index in [1.165, 1.54) is 5.69 Å². The number of hydrogen-bond donors (Lipinski definition) is 1. The molecule has 0 spiro atoms. The molecule has 1 heterocycles. The molecule has 15 heavy (non-hydrogen) atoms. The second-order valence-corrected chi connectivity index (χ2v) is 3.83. The van der Waals surface area contributed by atoms with Crippen LogP contribution in [0.1, 0.15) is 17.0 Å². The van der Waals surface area contributed by atoms with Gasteiger partial charge in [0.2, 0.25) is 0 Å². The average Bonchev–Trinajstić information content (AvgIpc) is 2.49. The summed E-state index contributed by atoms with van der Waals surface area (Å²) in [7, 11) is 0. The molecule has 78 valence electrons. The molecule has 0 aliphatic rings. The van der Waals surface area contributed by atoms with Crippen molar-refractivity contribution in [3.05, 3.63) is 41.5 Å². The van der Waals surface area contributed by atoms with Crippen molar-refractivity contribution in [1.29, 1.82) is 0 Å². The number of nitrogens with zero attached hydrogens (tertiary/aromatic N) is 2. The van der Waals surface area contributed by atoms with E-state index in [1.807, 2.05) is 31.5 Å². The molecule has 1 aromatic heterocycles. The van der Waals surface area contributed by atoms with Gasteiger partial charge in [-0.2, -0.15) is 0 Å². The van der Waals surface area contributed by atoms with Crippen LogP contribution in [-0.2, 0) is 0 Å². The molecule has 2 rings (SSSR count). The van der Waals surface area contributed by atoms with Crippen molar-refractivity contribution in [2.24, 2.45) is 0 Å². The van der Waals surface area contributed by atoms with Crippen LogP contribution >= 0.6 is 0 Å². The van der Waals surface area contributed by atoms with Crippen LogP contribution in [0.5, 0.6) is 0 Å². The normalized spacial score (nSPS) is 10.6. The summed E-state index contributed by atoms with van der Waals surface area (Å²) in [5, 5.41) is 0. The molecule has 3 nitrogen and oxygen atoms in total. The molecule has 1 aromatic carbocycles. The minimum Gasteiger partial charge on any atom is -0.399 e. The van der Waals surface area contributed by atoms with Crippen molar-refractivity contribution in [1.82, 2.24) is 9.55 Å². The Labute approximate surface area is 89.6 Å². The van der Waals surface area contributed by atoms with Crippen molar-refractivity contribution in [2.45, 2.75) is 20.8 Å². The van der Waals surface area contributed by atoms with Crippen LogP contribution < -0.4 is 5.73 Å². The average molecular weight is 201 g/mol. The first-order valence-corrected chi connectivity index (χ1v) is 4.96. The second-order valence-electron chi connectivity index (χ2n) is 3.83. The number of nitrogen functional groups attached to an aromatic ring is 1. The van der Waals surface area contributed by atoms with Gasteiger partial charge in [-0.25, -0.2) is 4.98 Å². The summed E-state index contributed by atoms with van der Waals surface area (Å²) in [5.74, 6) is 0. The maximum absolute atomic E-state index is 5.72. The highest BCUT2D eigenvalue weighted by Crippen LogP contribution is 2.19. The van der Waals surface area contributed by atoms with Crippen LogP contribution in [0, 0.1) is 20.8 Å². The summed E-state index contributed by atoms with van der Waals surface area (Å²) in [6, 6.07) is 5.92. The Morgan fingerprint density at radius 2 is 1.93 bits per heavy atom. The number of benzene rings is 1. The van der Waals surface area contributed by atoms with Gasteiger partial charge >= 0.3 is 0 Å². The third kappa shape index (κ3) is 1.61. The van der Waals surface area contributed by atoms with Gasteiger partial charge in [-0.05, 0) is 44.5 Å². The number of aromatic nitrogens is 2. The Morgan fingerprint density at radius 3 is 2.47 bits per heavy atom. The summed E-state index contributed by atoms with van der Waals surface area (Å²) in [6.07, 6.45) is 1.85. The number of hydrogen-bond acceptors (Lipinski definition) is 2. The molecule has 0 saturated heterocycles. The van der Waals surface area contributed by atoms with Gasteiger partial charge in [0.1, 0.15) is 0 Å². The second kappa shape index (κ2) is 3.42. The van der Waals surface area contributed by atoms with Crippen LogP contribution in [0.15, 0.2) is 24.5 Å². The van der Waals surface area contributed by atoms with Gasteiger partial charge in [0.25, 0.3) is 0 Å². The minimum atomic E-state index is 0.797. The van der Waals surface area contributed by atoms with E-state index in [4.69, 9.17) is 5.73 Å². The van der Waals surface area contributed by atoms with Gasteiger partial charge < -0.3 is 10.3 Å². The van der Waals surface area contributed by atoms with Gasteiger partial charge in [0.15, 0.2) is 0 Å². The number of imidazole rings is 1. The van der Waals surface area contributed by atoms with Crippen molar-refractivity contribution in [3.63, 3.8) is 0 Å². The molecule has 0 amide bonds. The van der Waals surface area contributed by atoms with Gasteiger partial charge in [0.05, 0.1) is 12.0 Å². The standard InChI is InChI=1S/C12H15N3/c1-8-6-11(13)4-5-12(8)15-7-14-9(2)10(15)3/h4-7H,13H2,1-3H3. The first-order chi connectivity index (χ1) is 7.09. The number of anilines is 1. The quantitative estimate of drug-likeness (QED) is 0.720. The highest BCUT2D eigenvalue weighted by Gasteiger charge is 2.06. The van der Waals surface area contributed by atoms with E-state index in [9.17, 15) is 0 Å². The van der Waals surface area contributed by atoms with Gasteiger partial charge in [-0.3, -0.25) is 0 Å². The third-order valence-corrected chi connectivity index (χ3v) is 2.73. The van der Waals surface area contributed by atoms with Crippen LogP contribution in [0.2, 0.25) is 0 Å². The first kappa shape index (κ1) is 9.77. The molecular formula is C12H15N3. The summed E-state index contributed by atoms with van der Waals surface area (Å²) in [4.78, 5) is 4.29. The fourth-order valence-corrected chi connectivity index (χ4v) is 1.69. The lowest BCUT2D eigenvalue weighted by molar-refractivity contribution is 0.988. The van der Waals surface area contributed by atoms with Gasteiger partial charge in [-0.1, -0.05) is 0 Å². The van der Waals surface area contributed by atoms with E-state index >= 15 is 0 Å². The molecule has 0 unspecified atom stereocenters. The zero-order valence-corrected chi connectivity index (χ0v) is 9.28. The number of aryl methyl sites for hydroxylation is 2. The molecular weight excluding hydrogens is 186 g/mol. The van der Waals surface area contributed by atoms with Gasteiger partial charge in [0, 0.05) is 17.1 Å². The topological polar surface area (TPSA) is 43.8 Å². The van der Waals surface area contributed by atoms with E-state index in [0.717, 1.165) is 22.6 Å². The summed E-state index contributed by atoms with van der Waals surface area (Å²) >= 11 is 0. The fraction of sp³-hybridized carbons (Fsp3) is 0.250. The number of nitrogens with two attached hydrogens (primary N) is 1. The van der Waals surface area contributed by atoms with E-state index in [1.54, 1.807) is 0 Å². The summed E-state index contributed by atoms with van der Waals surface area (Å²) in [6.45, 7) is 6.14. The zero-order chi connectivity index (χ0) is 11.0. The van der Waals surface area contributed by atoms with Crippen molar-refractivity contribution >= 4 is 5.69 Å². The number of rotatable bonds is 1. The van der Waals surface area contributed by atoms with Crippen molar-refractivity contribution in [2.75, 3.05) is 5.73 Å². The molecule has 2 N–H and O–H groups in total. The van der Waals surface area contributed by atoms with Crippen LogP contribution in [0.4, 0.5) is 5.69 Å². The molecule has 3 heteroatoms. The SMILES string of the molecule is Cc1cc(N)ccc1-n1cnc(C)c1C. The highest BCUT2D eigenvalue weighted by atomic mass is 15.1. The zero-order valence-electron chi connectivity index (χ0n) is 9.28. The summed E-state index contributed by atoms with van der Waals surface area (Å²) < 4.78 is 2.09. The van der Waals surface area contributed by atoms with E-state index in [0.29, 0.717) is 0 Å². The Hall–Kier alpha value is -1.77. The molecule has 0 aliphatic carbocycles. The fourth-order valence-electron chi connectivity index (χ4n) is 1.69. The Balaban J connectivity index is 2.59. The molecule has 0 aliphatic heterocycles. The molecule has 0 bridgehead atoms. The minimum absolute atomic E-state index is 0.797. The molecule has 2 aromatic rings. The molecule has 0 atom stereocenters. The molecule has 0 fully saturated rings. The largest absolute Gasteiger partial charge is 0.399 e. The van der Waals surface area contributed by atoms with Crippen molar-refractivity contribution < 1.29 is 0 Å². The Morgan fingerprint density at radius 1 is 1.20 bits per heavy atom. The van der Waals surface area contributed by atoms with Crippen molar-refractivity contribution in [3.8, 4) is 5.69 Å². The maximum Gasteiger partial charge on any atom is 0.0997 e. The first-order valence-electron chi connectivity index (χ1n) is 4.96. The lowest BCUT2D eigenvalue weighted by atomic mass is 10.1. The Bertz CT molecular complexity index is 498. The van der Waals surface area contributed by atoms with Crippen LogP contribution in [-0.4, -0.2) is 9.55 Å². The smallest absolute Gasteiger partial charge is 0.0997 e. The van der Waals surface area contributed by atoms with Crippen LogP contribution in [0.25, 0.3) is 5.69 Å². The van der Waals surface area contributed by atoms with Crippen LogP contribution in [0.3, 0.4) is 0 Å². The summed E-state index contributed by atoms with van der Waals surface area (Å²) in [5.41, 5.74) is 11.1. The monoisotopic (exact) mass is 201 g/mol. The van der Waals surface area contributed by atoms with Gasteiger partial charge in [-0.15, -0.1) is 0 Å². The predicted octanol–water partition coefficient (Wildman–Crippen LogP) is 2.38. The molecule has 0 saturated carbocycles. The van der Waals surface area contributed by atoms with E-state index < -0.39 is 0 Å². The predicted molar refractivity (Wildman–Crippen MR) is 62.2 cm³/mol. The Kier molecular flexibility index (Phi) is 2.23. The molecule has 0 radical (unpaired) electrons. The van der Waals surface area contributed by atoms with E-state index in [-0.39, 0.29) is 0 Å². The highest BCUT2D eigenvalue weighted by molar-refractivity contribution is 5.51. The maximum atomic E-state index is 5.72. The third-order valence-electron chi connectivity index (χ3n) is 2.73. The lowest BCUT2D eigenvalue weighted by Crippen LogP contribution is -1.99.